The molecule has 3 atom stereocenters. The molecule has 7 heteroatoms. The third-order valence-electron chi connectivity index (χ3n) is 6.05. The molecule has 1 aliphatic heterocycles. The smallest absolute Gasteiger partial charge is 0.283 e. The quantitative estimate of drug-likeness (QED) is 0.799. The minimum atomic E-state index is -0.819. The maximum Gasteiger partial charge on any atom is 0.283 e. The lowest BCUT2D eigenvalue weighted by Crippen LogP contribution is -2.49. The number of fused-ring (bicyclic) bond motifs is 1. The van der Waals surface area contributed by atoms with Crippen LogP contribution < -0.4 is 5.73 Å². The molecule has 1 fully saturated rings. The number of halogens is 1. The molecule has 2 aromatic rings. The van der Waals surface area contributed by atoms with Crippen LogP contribution in [0.5, 0.6) is 0 Å². The largest absolute Gasteiger partial charge is 0.462 e. The number of aliphatic imine (C=N–C) groups is 1. The first kappa shape index (κ1) is 19.5. The van der Waals surface area contributed by atoms with Crippen LogP contribution in [0, 0.1) is 18.7 Å². The van der Waals surface area contributed by atoms with Crippen molar-refractivity contribution < 1.29 is 13.9 Å². The second kappa shape index (κ2) is 7.54. The Morgan fingerprint density at radius 3 is 2.83 bits per heavy atom. The number of aryl methyl sites for hydroxylation is 1. The van der Waals surface area contributed by atoms with E-state index in [0.29, 0.717) is 16.8 Å². The Morgan fingerprint density at radius 1 is 1.28 bits per heavy atom. The van der Waals surface area contributed by atoms with Crippen molar-refractivity contribution in [2.24, 2.45) is 16.6 Å². The van der Waals surface area contributed by atoms with Gasteiger partial charge in [-0.3, -0.25) is 9.78 Å². The number of aromatic nitrogens is 2. The van der Waals surface area contributed by atoms with E-state index in [-0.39, 0.29) is 36.1 Å². The number of carbonyl (C=O) groups excluding carboxylic acids is 1. The van der Waals surface area contributed by atoms with Crippen molar-refractivity contribution in [1.29, 1.82) is 0 Å². The van der Waals surface area contributed by atoms with Crippen LogP contribution in [0.25, 0.3) is 0 Å². The second-order valence-electron chi connectivity index (χ2n) is 8.10. The number of benzene rings is 1. The Hall–Kier alpha value is -2.83. The highest BCUT2D eigenvalue weighted by atomic mass is 19.1. The number of Topliss-reactive ketones (excluding diaryl/α,β-unsaturated/α-hetero) is 1. The van der Waals surface area contributed by atoms with E-state index in [4.69, 9.17) is 10.5 Å². The van der Waals surface area contributed by atoms with Crippen molar-refractivity contribution in [2.75, 3.05) is 0 Å². The van der Waals surface area contributed by atoms with Gasteiger partial charge in [0.1, 0.15) is 17.6 Å². The van der Waals surface area contributed by atoms with Gasteiger partial charge in [0.15, 0.2) is 5.78 Å². The van der Waals surface area contributed by atoms with Crippen LogP contribution in [-0.2, 0) is 16.7 Å². The van der Waals surface area contributed by atoms with Crippen LogP contribution in [0.15, 0.2) is 35.6 Å². The molecule has 0 spiro atoms. The van der Waals surface area contributed by atoms with Crippen molar-refractivity contribution in [2.45, 2.75) is 57.6 Å². The SMILES string of the molecule is Cc1cnc(C(=O)Cc2ccc(F)c([C@@]3(C)N=C(N)OC4CCCCC43)c2)cn1. The van der Waals surface area contributed by atoms with Gasteiger partial charge >= 0.3 is 0 Å². The van der Waals surface area contributed by atoms with Crippen LogP contribution >= 0.6 is 0 Å². The fraction of sp³-hybridized carbons (Fsp3) is 0.455. The minimum absolute atomic E-state index is 0.0481. The normalized spacial score (nSPS) is 26.2. The number of rotatable bonds is 4. The topological polar surface area (TPSA) is 90.5 Å². The molecule has 1 aliphatic carbocycles. The van der Waals surface area contributed by atoms with Crippen LogP contribution in [0.4, 0.5) is 4.39 Å². The standard InChI is InChI=1S/C22H25FN4O2/c1-13-11-26-18(12-25-13)19(28)10-14-7-8-17(23)16(9-14)22(2)15-5-3-4-6-20(15)29-21(24)27-22/h7-9,11-12,15,20H,3-6,10H2,1-2H3,(H2,24,27)/t15?,20?,22-/m0/s1. The Balaban J connectivity index is 1.66. The summed E-state index contributed by atoms with van der Waals surface area (Å²) in [6, 6.07) is 4.88. The number of amidine groups is 1. The number of nitrogens with zero attached hydrogens (tertiary/aromatic N) is 3. The van der Waals surface area contributed by atoms with E-state index < -0.39 is 5.54 Å². The van der Waals surface area contributed by atoms with E-state index in [0.717, 1.165) is 31.4 Å². The molecule has 1 saturated carbocycles. The lowest BCUT2D eigenvalue weighted by atomic mass is 9.70. The summed E-state index contributed by atoms with van der Waals surface area (Å²) in [6.07, 6.45) is 7.01. The zero-order valence-corrected chi connectivity index (χ0v) is 16.7. The van der Waals surface area contributed by atoms with E-state index in [1.54, 1.807) is 18.3 Å². The van der Waals surface area contributed by atoms with Crippen LogP contribution in [0.2, 0.25) is 0 Å². The van der Waals surface area contributed by atoms with Gasteiger partial charge in [-0.2, -0.15) is 0 Å². The van der Waals surface area contributed by atoms with Gasteiger partial charge in [0.2, 0.25) is 0 Å². The first-order valence-electron chi connectivity index (χ1n) is 9.99. The molecule has 2 aliphatic rings. The van der Waals surface area contributed by atoms with Crippen molar-refractivity contribution in [3.63, 3.8) is 0 Å². The second-order valence-corrected chi connectivity index (χ2v) is 8.10. The monoisotopic (exact) mass is 396 g/mol. The van der Waals surface area contributed by atoms with Gasteiger partial charge < -0.3 is 10.5 Å². The van der Waals surface area contributed by atoms with Crippen molar-refractivity contribution in [1.82, 2.24) is 9.97 Å². The summed E-state index contributed by atoms with van der Waals surface area (Å²) >= 11 is 0. The summed E-state index contributed by atoms with van der Waals surface area (Å²) in [4.78, 5) is 25.4. The lowest BCUT2D eigenvalue weighted by molar-refractivity contribution is 0.0146. The molecule has 29 heavy (non-hydrogen) atoms. The molecule has 6 nitrogen and oxygen atoms in total. The Bertz CT molecular complexity index is 960. The number of nitrogens with two attached hydrogens (primary N) is 1. The summed E-state index contributed by atoms with van der Waals surface area (Å²) in [5.74, 6) is -0.459. The van der Waals surface area contributed by atoms with Gasteiger partial charge in [0, 0.05) is 24.1 Å². The van der Waals surface area contributed by atoms with E-state index >= 15 is 0 Å². The maximum absolute atomic E-state index is 14.9. The summed E-state index contributed by atoms with van der Waals surface area (Å²) in [7, 11) is 0. The fourth-order valence-electron chi connectivity index (χ4n) is 4.52. The zero-order chi connectivity index (χ0) is 20.6. The Labute approximate surface area is 169 Å². The van der Waals surface area contributed by atoms with Gasteiger partial charge in [-0.05, 0) is 50.8 Å². The highest BCUT2D eigenvalue weighted by Gasteiger charge is 2.47. The molecular formula is C22H25FN4O2. The lowest BCUT2D eigenvalue weighted by Gasteiger charge is -2.45. The summed E-state index contributed by atoms with van der Waals surface area (Å²) in [6.45, 7) is 3.73. The highest BCUT2D eigenvalue weighted by molar-refractivity contribution is 5.95. The number of ketones is 1. The molecule has 0 bridgehead atoms. The van der Waals surface area contributed by atoms with Gasteiger partial charge in [-0.25, -0.2) is 14.4 Å². The molecule has 2 heterocycles. The molecular weight excluding hydrogens is 371 g/mol. The zero-order valence-electron chi connectivity index (χ0n) is 16.7. The third-order valence-corrected chi connectivity index (χ3v) is 6.05. The molecule has 0 radical (unpaired) electrons. The molecule has 152 valence electrons. The summed E-state index contributed by atoms with van der Waals surface area (Å²) in [5.41, 5.74) is 7.34. The summed E-state index contributed by atoms with van der Waals surface area (Å²) < 4.78 is 20.7. The van der Waals surface area contributed by atoms with E-state index in [1.807, 2.05) is 13.8 Å². The Kier molecular flexibility index (Phi) is 5.06. The minimum Gasteiger partial charge on any atom is -0.462 e. The summed E-state index contributed by atoms with van der Waals surface area (Å²) in [5, 5.41) is 0. The molecule has 2 N–H and O–H groups in total. The van der Waals surface area contributed by atoms with Crippen LogP contribution in [0.3, 0.4) is 0 Å². The molecule has 1 aromatic heterocycles. The van der Waals surface area contributed by atoms with Crippen LogP contribution in [0.1, 0.15) is 59.9 Å². The number of hydrogen-bond acceptors (Lipinski definition) is 6. The average Bonchev–Trinajstić information content (AvgIpc) is 2.69. The van der Waals surface area contributed by atoms with Crippen molar-refractivity contribution >= 4 is 11.8 Å². The Morgan fingerprint density at radius 2 is 2.07 bits per heavy atom. The van der Waals surface area contributed by atoms with E-state index in [2.05, 4.69) is 15.0 Å². The predicted molar refractivity (Wildman–Crippen MR) is 107 cm³/mol. The molecule has 4 rings (SSSR count). The first-order chi connectivity index (χ1) is 13.9. The first-order valence-corrected chi connectivity index (χ1v) is 9.99. The van der Waals surface area contributed by atoms with Gasteiger partial charge in [0.25, 0.3) is 6.02 Å². The average molecular weight is 396 g/mol. The van der Waals surface area contributed by atoms with Crippen molar-refractivity contribution in [3.05, 3.63) is 58.9 Å². The molecule has 0 saturated heterocycles. The van der Waals surface area contributed by atoms with Crippen LogP contribution in [-0.4, -0.2) is 27.9 Å². The number of ether oxygens (including phenoxy) is 1. The molecule has 2 unspecified atom stereocenters. The fourth-order valence-corrected chi connectivity index (χ4v) is 4.52. The van der Waals surface area contributed by atoms with E-state index in [9.17, 15) is 9.18 Å². The van der Waals surface area contributed by atoms with E-state index in [1.165, 1.54) is 12.3 Å². The maximum atomic E-state index is 14.9. The van der Waals surface area contributed by atoms with Crippen molar-refractivity contribution in [3.8, 4) is 0 Å². The van der Waals surface area contributed by atoms with Gasteiger partial charge in [-0.15, -0.1) is 0 Å². The third kappa shape index (κ3) is 3.73. The predicted octanol–water partition coefficient (Wildman–Crippen LogP) is 3.47. The highest BCUT2D eigenvalue weighted by Crippen LogP contribution is 2.46. The van der Waals surface area contributed by atoms with Gasteiger partial charge in [-0.1, -0.05) is 12.5 Å². The number of carbonyl (C=O) groups is 1. The molecule has 1 aromatic carbocycles. The molecule has 0 amide bonds. The number of hydrogen-bond donors (Lipinski definition) is 1. The van der Waals surface area contributed by atoms with Gasteiger partial charge in [0.05, 0.1) is 17.4 Å².